The summed E-state index contributed by atoms with van der Waals surface area (Å²) in [4.78, 5) is 37.6. The van der Waals surface area contributed by atoms with E-state index in [0.717, 1.165) is 0 Å². The fraction of sp³-hybridized carbons (Fsp3) is 0.400. The highest BCUT2D eigenvalue weighted by atomic mass is 16.4. The van der Waals surface area contributed by atoms with Crippen LogP contribution in [0.3, 0.4) is 0 Å². The maximum absolute atomic E-state index is 12.2. The van der Waals surface area contributed by atoms with Gasteiger partial charge in [0.05, 0.1) is 11.0 Å². The van der Waals surface area contributed by atoms with E-state index in [1.165, 1.54) is 4.57 Å². The molecule has 0 aliphatic heterocycles. The third-order valence-electron chi connectivity index (χ3n) is 3.48. The van der Waals surface area contributed by atoms with E-state index in [4.69, 9.17) is 0 Å². The number of fused-ring (bicyclic) bond motifs is 1. The molecule has 2 rings (SSSR count). The Morgan fingerprint density at radius 3 is 2.64 bits per heavy atom. The number of imidazole rings is 1. The fourth-order valence-electron chi connectivity index (χ4n) is 2.30. The minimum absolute atomic E-state index is 0.148. The van der Waals surface area contributed by atoms with Crippen LogP contribution in [0.15, 0.2) is 23.0 Å². The molecule has 7 heteroatoms. The minimum Gasteiger partial charge on any atom is -0.480 e. The number of carboxylic acid groups (broad SMARTS) is 1. The Morgan fingerprint density at radius 1 is 1.36 bits per heavy atom. The Morgan fingerprint density at radius 2 is 2.05 bits per heavy atom. The molecular formula is C15H19N3O4. The molecule has 0 saturated heterocycles. The summed E-state index contributed by atoms with van der Waals surface area (Å²) in [5.41, 5.74) is 1.27. The number of carbonyl (C=O) groups is 2. The number of benzene rings is 1. The highest BCUT2D eigenvalue weighted by molar-refractivity contribution is 5.99. The number of nitrogens with one attached hydrogen (secondary N) is 2. The summed E-state index contributed by atoms with van der Waals surface area (Å²) in [5, 5.41) is 11.7. The number of nitrogens with zero attached hydrogens (tertiary/aromatic N) is 1. The fourth-order valence-corrected chi connectivity index (χ4v) is 2.30. The lowest BCUT2D eigenvalue weighted by Gasteiger charge is -2.16. The zero-order valence-electron chi connectivity index (χ0n) is 12.7. The number of carbonyl (C=O) groups excluding carboxylic acids is 1. The molecule has 2 aromatic rings. The van der Waals surface area contributed by atoms with E-state index in [9.17, 15) is 19.5 Å². The summed E-state index contributed by atoms with van der Waals surface area (Å²) in [6.45, 7) is 3.79. The molecule has 0 saturated carbocycles. The second-order valence-electron chi connectivity index (χ2n) is 5.71. The maximum Gasteiger partial charge on any atom is 0.326 e. The average Bonchev–Trinajstić information content (AvgIpc) is 2.72. The Labute approximate surface area is 127 Å². The highest BCUT2D eigenvalue weighted by Gasteiger charge is 2.22. The van der Waals surface area contributed by atoms with Gasteiger partial charge in [0.2, 0.25) is 0 Å². The van der Waals surface area contributed by atoms with E-state index in [2.05, 4.69) is 10.3 Å². The standard InChI is InChI=1S/C15H19N3O4/c1-8(2)6-11(14(20)21)16-13(19)9-4-5-10-12(7-9)18(3)15(22)17-10/h4-5,7-8,11H,6H2,1-3H3,(H,16,19)(H,17,22)(H,20,21)/t11-/m0/s1. The van der Waals surface area contributed by atoms with E-state index in [1.54, 1.807) is 25.2 Å². The Balaban J connectivity index is 2.27. The molecule has 1 amide bonds. The summed E-state index contributed by atoms with van der Waals surface area (Å²) in [6, 6.07) is 3.82. The van der Waals surface area contributed by atoms with Crippen molar-refractivity contribution in [1.82, 2.24) is 14.9 Å². The third-order valence-corrected chi connectivity index (χ3v) is 3.48. The Kier molecular flexibility index (Phi) is 4.35. The van der Waals surface area contributed by atoms with Gasteiger partial charge >= 0.3 is 11.7 Å². The predicted molar refractivity (Wildman–Crippen MR) is 81.9 cm³/mol. The van der Waals surface area contributed by atoms with Gasteiger partial charge in [-0.1, -0.05) is 13.8 Å². The maximum atomic E-state index is 12.2. The number of aromatic amines is 1. The van der Waals surface area contributed by atoms with Gasteiger partial charge in [0.1, 0.15) is 6.04 Å². The van der Waals surface area contributed by atoms with Gasteiger partial charge in [0.25, 0.3) is 5.91 Å². The summed E-state index contributed by atoms with van der Waals surface area (Å²) in [5.74, 6) is -1.38. The molecule has 1 aromatic heterocycles. The quantitative estimate of drug-likeness (QED) is 0.769. The Hall–Kier alpha value is -2.57. The van der Waals surface area contributed by atoms with Crippen LogP contribution in [0.2, 0.25) is 0 Å². The molecule has 0 spiro atoms. The van der Waals surface area contributed by atoms with Gasteiger partial charge < -0.3 is 15.4 Å². The molecule has 1 atom stereocenters. The van der Waals surface area contributed by atoms with Crippen LogP contribution in [0.5, 0.6) is 0 Å². The van der Waals surface area contributed by atoms with Crippen molar-refractivity contribution < 1.29 is 14.7 Å². The molecule has 7 nitrogen and oxygen atoms in total. The molecule has 3 N–H and O–H groups in total. The number of H-pyrrole nitrogens is 1. The summed E-state index contributed by atoms with van der Waals surface area (Å²) in [6.07, 6.45) is 0.353. The topological polar surface area (TPSA) is 104 Å². The van der Waals surface area contributed by atoms with Crippen molar-refractivity contribution in [3.8, 4) is 0 Å². The van der Waals surface area contributed by atoms with E-state index in [-0.39, 0.29) is 11.6 Å². The van der Waals surface area contributed by atoms with Crippen LogP contribution in [0.25, 0.3) is 11.0 Å². The number of aromatic nitrogens is 2. The van der Waals surface area contributed by atoms with Gasteiger partial charge in [0.15, 0.2) is 0 Å². The van der Waals surface area contributed by atoms with Crippen LogP contribution < -0.4 is 11.0 Å². The first kappa shape index (κ1) is 15.8. The number of carboxylic acids is 1. The molecule has 1 aromatic carbocycles. The summed E-state index contributed by atoms with van der Waals surface area (Å²) >= 11 is 0. The van der Waals surface area contributed by atoms with Gasteiger partial charge in [-0.15, -0.1) is 0 Å². The lowest BCUT2D eigenvalue weighted by molar-refractivity contribution is -0.139. The molecule has 0 aliphatic carbocycles. The number of amides is 1. The molecule has 1 heterocycles. The van der Waals surface area contributed by atoms with Crippen molar-refractivity contribution in [2.24, 2.45) is 13.0 Å². The van der Waals surface area contributed by atoms with Crippen molar-refractivity contribution in [2.45, 2.75) is 26.3 Å². The summed E-state index contributed by atoms with van der Waals surface area (Å²) < 4.78 is 1.40. The van der Waals surface area contributed by atoms with E-state index >= 15 is 0 Å². The van der Waals surface area contributed by atoms with E-state index < -0.39 is 17.9 Å². The molecule has 22 heavy (non-hydrogen) atoms. The monoisotopic (exact) mass is 305 g/mol. The number of aryl methyl sites for hydroxylation is 1. The lowest BCUT2D eigenvalue weighted by Crippen LogP contribution is -2.41. The van der Waals surface area contributed by atoms with Crippen LogP contribution in [0.1, 0.15) is 30.6 Å². The van der Waals surface area contributed by atoms with Gasteiger partial charge in [0, 0.05) is 12.6 Å². The molecular weight excluding hydrogens is 286 g/mol. The van der Waals surface area contributed by atoms with E-state index in [1.807, 2.05) is 13.8 Å². The minimum atomic E-state index is -1.06. The van der Waals surface area contributed by atoms with Crippen LogP contribution in [0.4, 0.5) is 0 Å². The molecule has 0 aliphatic rings. The van der Waals surface area contributed by atoms with Crippen LogP contribution in [0, 0.1) is 5.92 Å². The van der Waals surface area contributed by atoms with Crippen LogP contribution in [-0.4, -0.2) is 32.6 Å². The molecule has 0 radical (unpaired) electrons. The molecule has 0 fully saturated rings. The molecule has 118 valence electrons. The number of aliphatic carboxylic acids is 1. The smallest absolute Gasteiger partial charge is 0.326 e. The van der Waals surface area contributed by atoms with Gasteiger partial charge in [-0.2, -0.15) is 0 Å². The van der Waals surface area contributed by atoms with Gasteiger partial charge in [-0.25, -0.2) is 9.59 Å². The van der Waals surface area contributed by atoms with Crippen molar-refractivity contribution in [3.63, 3.8) is 0 Å². The summed E-state index contributed by atoms with van der Waals surface area (Å²) in [7, 11) is 1.60. The average molecular weight is 305 g/mol. The molecule has 0 unspecified atom stereocenters. The zero-order valence-corrected chi connectivity index (χ0v) is 12.7. The Bertz CT molecular complexity index is 773. The van der Waals surface area contributed by atoms with Gasteiger partial charge in [-0.3, -0.25) is 9.36 Å². The first-order valence-electron chi connectivity index (χ1n) is 7.02. The van der Waals surface area contributed by atoms with Crippen LogP contribution in [-0.2, 0) is 11.8 Å². The largest absolute Gasteiger partial charge is 0.480 e. The SMILES string of the molecule is CC(C)C[C@H](NC(=O)c1ccc2[nH]c(=O)n(C)c2c1)C(=O)O. The highest BCUT2D eigenvalue weighted by Crippen LogP contribution is 2.13. The third kappa shape index (κ3) is 3.19. The second-order valence-corrected chi connectivity index (χ2v) is 5.71. The van der Waals surface area contributed by atoms with E-state index in [0.29, 0.717) is 23.0 Å². The predicted octanol–water partition coefficient (Wildman–Crippen LogP) is 1.10. The van der Waals surface area contributed by atoms with Gasteiger partial charge in [-0.05, 0) is 30.5 Å². The number of hydrogen-bond acceptors (Lipinski definition) is 3. The lowest BCUT2D eigenvalue weighted by atomic mass is 10.0. The van der Waals surface area contributed by atoms with Crippen LogP contribution >= 0.6 is 0 Å². The number of rotatable bonds is 5. The number of hydrogen-bond donors (Lipinski definition) is 3. The zero-order chi connectivity index (χ0) is 16.4. The first-order valence-corrected chi connectivity index (χ1v) is 7.02. The second kappa shape index (κ2) is 6.05. The van der Waals surface area contributed by atoms with Crippen molar-refractivity contribution in [3.05, 3.63) is 34.2 Å². The first-order chi connectivity index (χ1) is 10.3. The molecule has 0 bridgehead atoms. The normalized spacial score (nSPS) is 12.5. The van der Waals surface area contributed by atoms with Crippen molar-refractivity contribution >= 4 is 22.9 Å². The van der Waals surface area contributed by atoms with Crippen molar-refractivity contribution in [1.29, 1.82) is 0 Å². The van der Waals surface area contributed by atoms with Crippen molar-refractivity contribution in [2.75, 3.05) is 0 Å².